The van der Waals surface area contributed by atoms with Gasteiger partial charge in [-0.05, 0) is 37.2 Å². The Morgan fingerprint density at radius 2 is 1.90 bits per heavy atom. The number of ether oxygens (including phenoxy) is 2. The normalized spacial score (nSPS) is 34.3. The molecule has 5 nitrogen and oxygen atoms in total. The summed E-state index contributed by atoms with van der Waals surface area (Å²) in [6.07, 6.45) is 7.93. The number of hydrogen-bond donors (Lipinski definition) is 1. The lowest BCUT2D eigenvalue weighted by atomic mass is 9.76. The molecule has 4 aliphatic rings. The zero-order chi connectivity index (χ0) is 19.9. The number of aromatic nitrogens is 2. The molecule has 1 fully saturated rings. The zero-order valence-electron chi connectivity index (χ0n) is 17.3. The lowest BCUT2D eigenvalue weighted by Gasteiger charge is -2.44. The molecule has 0 aromatic carbocycles. The smallest absolute Gasteiger partial charge is 0.122 e. The molecule has 0 unspecified atom stereocenters. The van der Waals surface area contributed by atoms with E-state index >= 15 is 0 Å². The van der Waals surface area contributed by atoms with Crippen LogP contribution in [-0.4, -0.2) is 21.7 Å². The van der Waals surface area contributed by atoms with E-state index in [2.05, 4.69) is 26.8 Å². The van der Waals surface area contributed by atoms with Crippen LogP contribution in [0.5, 0.6) is 0 Å². The average molecular weight is 392 g/mol. The van der Waals surface area contributed by atoms with Crippen molar-refractivity contribution in [2.45, 2.75) is 70.9 Å². The highest BCUT2D eigenvalue weighted by Gasteiger charge is 2.45. The number of aliphatic hydroxyl groups excluding tert-OH is 1. The van der Waals surface area contributed by atoms with E-state index in [0.717, 1.165) is 42.8 Å². The molecule has 1 saturated heterocycles. The van der Waals surface area contributed by atoms with Gasteiger partial charge in [-0.2, -0.15) is 0 Å². The summed E-state index contributed by atoms with van der Waals surface area (Å²) in [4.78, 5) is 10.1. The maximum absolute atomic E-state index is 9.84. The van der Waals surface area contributed by atoms with Gasteiger partial charge in [0.2, 0.25) is 0 Å². The van der Waals surface area contributed by atoms with E-state index in [4.69, 9.17) is 19.4 Å². The molecule has 6 heterocycles. The third-order valence-corrected chi connectivity index (χ3v) is 7.41. The molecule has 6 rings (SSSR count). The Morgan fingerprint density at radius 1 is 1.07 bits per heavy atom. The Bertz CT molecular complexity index is 1050. The number of fused-ring (bicyclic) bond motifs is 8. The molecule has 0 spiro atoms. The van der Waals surface area contributed by atoms with Gasteiger partial charge in [-0.1, -0.05) is 26.8 Å². The minimum atomic E-state index is -0.0574. The van der Waals surface area contributed by atoms with Crippen molar-refractivity contribution in [1.29, 1.82) is 0 Å². The average Bonchev–Trinajstić information content (AvgIpc) is 2.76. The molecule has 29 heavy (non-hydrogen) atoms. The Morgan fingerprint density at radius 3 is 2.66 bits per heavy atom. The first-order valence-electron chi connectivity index (χ1n) is 11.1. The Labute approximate surface area is 171 Å². The van der Waals surface area contributed by atoms with Crippen LogP contribution in [0.3, 0.4) is 0 Å². The molecule has 2 aromatic rings. The summed E-state index contributed by atoms with van der Waals surface area (Å²) in [6.45, 7) is 6.82. The van der Waals surface area contributed by atoms with Crippen LogP contribution in [0.1, 0.15) is 92.7 Å². The number of hydrogen-bond acceptors (Lipinski definition) is 5. The van der Waals surface area contributed by atoms with Gasteiger partial charge in [-0.25, -0.2) is 0 Å². The maximum Gasteiger partial charge on any atom is 0.122 e. The highest BCUT2D eigenvalue weighted by molar-refractivity contribution is 5.95. The zero-order valence-corrected chi connectivity index (χ0v) is 17.3. The predicted octanol–water partition coefficient (Wildman–Crippen LogP) is 4.81. The first-order chi connectivity index (χ1) is 14.1. The fourth-order valence-electron chi connectivity index (χ4n) is 6.04. The Hall–Kier alpha value is -1.82. The van der Waals surface area contributed by atoms with E-state index < -0.39 is 0 Å². The third-order valence-electron chi connectivity index (χ3n) is 7.41. The van der Waals surface area contributed by atoms with E-state index in [1.165, 1.54) is 27.5 Å². The number of rotatable bonds is 3. The third kappa shape index (κ3) is 2.32. The summed E-state index contributed by atoms with van der Waals surface area (Å²) >= 11 is 0. The lowest BCUT2D eigenvalue weighted by Crippen LogP contribution is -2.33. The highest BCUT2D eigenvalue weighted by atomic mass is 16.5. The summed E-state index contributed by atoms with van der Waals surface area (Å²) < 4.78 is 13.0. The van der Waals surface area contributed by atoms with Gasteiger partial charge in [0.15, 0.2) is 0 Å². The van der Waals surface area contributed by atoms with Gasteiger partial charge in [-0.3, -0.25) is 9.97 Å². The Kier molecular flexibility index (Phi) is 3.93. The van der Waals surface area contributed by atoms with Crippen molar-refractivity contribution in [2.75, 3.05) is 6.61 Å². The van der Waals surface area contributed by atoms with Crippen LogP contribution < -0.4 is 0 Å². The molecule has 5 heteroatoms. The molecular formula is C24H28N2O3. The summed E-state index contributed by atoms with van der Waals surface area (Å²) in [5.74, 6) is 0.582. The minimum absolute atomic E-state index is 0.00754. The highest BCUT2D eigenvalue weighted by Crippen LogP contribution is 2.56. The van der Waals surface area contributed by atoms with Gasteiger partial charge in [0.05, 0.1) is 23.6 Å². The molecule has 6 atom stereocenters. The van der Waals surface area contributed by atoms with Crippen molar-refractivity contribution in [3.05, 3.63) is 46.1 Å². The molecule has 1 N–H and O–H groups in total. The summed E-state index contributed by atoms with van der Waals surface area (Å²) in [5.41, 5.74) is 6.98. The van der Waals surface area contributed by atoms with Crippen molar-refractivity contribution in [3.8, 4) is 0 Å². The molecule has 0 radical (unpaired) electrons. The van der Waals surface area contributed by atoms with Crippen LogP contribution in [0.15, 0.2) is 17.8 Å². The van der Waals surface area contributed by atoms with E-state index in [1.54, 1.807) is 0 Å². The standard InChI is InChI=1S/C24H28N2O3/c1-4-13-6-11(3)23-21-20-18-14(9-25-21)16-7-12(10-27)8-17(28-16)19(18)15(5-2)26-22(20)24(13)29-23/h6,9,11-12,16-17,23-24,27H,4-5,7-8,10H2,1-3H3/t11-,12-,16+,17-,23-,24+/m0/s1. The largest absolute Gasteiger partial charge is 0.396 e. The van der Waals surface area contributed by atoms with Gasteiger partial charge in [0.25, 0.3) is 0 Å². The molecule has 4 bridgehead atoms. The fraction of sp³-hybridized carbons (Fsp3) is 0.583. The molecule has 4 aliphatic heterocycles. The van der Waals surface area contributed by atoms with Gasteiger partial charge in [0, 0.05) is 46.3 Å². The van der Waals surface area contributed by atoms with Crippen molar-refractivity contribution in [3.63, 3.8) is 0 Å². The molecule has 0 aliphatic carbocycles. The second kappa shape index (κ2) is 6.34. The van der Waals surface area contributed by atoms with E-state index in [9.17, 15) is 5.11 Å². The molecular weight excluding hydrogens is 364 g/mol. The van der Waals surface area contributed by atoms with Gasteiger partial charge in [0.1, 0.15) is 12.2 Å². The number of pyridine rings is 2. The van der Waals surface area contributed by atoms with E-state index in [-0.39, 0.29) is 36.9 Å². The van der Waals surface area contributed by atoms with Crippen LogP contribution in [0.25, 0.3) is 10.8 Å². The molecule has 0 saturated carbocycles. The summed E-state index contributed by atoms with van der Waals surface area (Å²) in [7, 11) is 0. The quantitative estimate of drug-likeness (QED) is 0.760. The van der Waals surface area contributed by atoms with Crippen LogP contribution in [0.2, 0.25) is 0 Å². The van der Waals surface area contributed by atoms with E-state index in [1.807, 2.05) is 6.20 Å². The Balaban J connectivity index is 1.68. The second-order valence-corrected chi connectivity index (χ2v) is 9.08. The lowest BCUT2D eigenvalue weighted by molar-refractivity contribution is -0.0878. The number of nitrogens with zero attached hydrogens (tertiary/aromatic N) is 2. The SMILES string of the molecule is CCC1=C[C@H](C)[C@@H]2O[C@H]1c1nc(CC)c3c4c(cnc2c14)[C@H]1C[C@H](CO)C[C@@H]3O1. The minimum Gasteiger partial charge on any atom is -0.396 e. The second-order valence-electron chi connectivity index (χ2n) is 9.08. The molecule has 0 amide bonds. The summed E-state index contributed by atoms with van der Waals surface area (Å²) in [6, 6.07) is 0. The topological polar surface area (TPSA) is 64.5 Å². The first kappa shape index (κ1) is 18.0. The van der Waals surface area contributed by atoms with E-state index in [0.29, 0.717) is 5.92 Å². The number of aliphatic hydroxyl groups is 1. The maximum atomic E-state index is 9.84. The number of aryl methyl sites for hydroxylation is 1. The molecule has 2 aromatic heterocycles. The van der Waals surface area contributed by atoms with Crippen LogP contribution >= 0.6 is 0 Å². The van der Waals surface area contributed by atoms with Crippen LogP contribution in [0.4, 0.5) is 0 Å². The van der Waals surface area contributed by atoms with Gasteiger partial charge in [-0.15, -0.1) is 0 Å². The van der Waals surface area contributed by atoms with Gasteiger partial charge < -0.3 is 14.6 Å². The van der Waals surface area contributed by atoms with Crippen LogP contribution in [-0.2, 0) is 15.9 Å². The summed E-state index contributed by atoms with van der Waals surface area (Å²) in [5, 5.41) is 12.4. The monoisotopic (exact) mass is 392 g/mol. The first-order valence-corrected chi connectivity index (χ1v) is 11.1. The van der Waals surface area contributed by atoms with Crippen molar-refractivity contribution in [1.82, 2.24) is 9.97 Å². The van der Waals surface area contributed by atoms with Crippen molar-refractivity contribution < 1.29 is 14.6 Å². The van der Waals surface area contributed by atoms with Crippen LogP contribution in [0, 0.1) is 11.8 Å². The van der Waals surface area contributed by atoms with Crippen molar-refractivity contribution in [2.24, 2.45) is 11.8 Å². The molecule has 152 valence electrons. The predicted molar refractivity (Wildman–Crippen MR) is 109 cm³/mol. The fourth-order valence-corrected chi connectivity index (χ4v) is 6.04. The van der Waals surface area contributed by atoms with Crippen molar-refractivity contribution >= 4 is 10.8 Å². The van der Waals surface area contributed by atoms with Gasteiger partial charge >= 0.3 is 0 Å².